The molecule has 1 amide bonds. The van der Waals surface area contributed by atoms with Crippen molar-refractivity contribution in [2.45, 2.75) is 12.4 Å². The summed E-state index contributed by atoms with van der Waals surface area (Å²) in [5.74, 6) is 0.900. The first-order valence-corrected chi connectivity index (χ1v) is 5.28. The second-order valence-electron chi connectivity index (χ2n) is 3.26. The Bertz CT molecular complexity index is 399. The van der Waals surface area contributed by atoms with Crippen LogP contribution in [0, 0.1) is 0 Å². The highest BCUT2D eigenvalue weighted by Crippen LogP contribution is 2.16. The number of amides is 1. The van der Waals surface area contributed by atoms with Crippen LogP contribution in [0.3, 0.4) is 0 Å². The van der Waals surface area contributed by atoms with Gasteiger partial charge in [-0.2, -0.15) is 4.98 Å². The maximum absolute atomic E-state index is 11.3. The van der Waals surface area contributed by atoms with Crippen molar-refractivity contribution in [3.63, 3.8) is 0 Å². The van der Waals surface area contributed by atoms with E-state index >= 15 is 0 Å². The van der Waals surface area contributed by atoms with Crippen molar-refractivity contribution in [3.05, 3.63) is 12.3 Å². The summed E-state index contributed by atoms with van der Waals surface area (Å²) in [6.45, 7) is 2.66. The van der Waals surface area contributed by atoms with Crippen molar-refractivity contribution in [2.24, 2.45) is 0 Å². The van der Waals surface area contributed by atoms with Gasteiger partial charge in [-0.25, -0.2) is 9.78 Å². The Morgan fingerprint density at radius 2 is 2.50 bits per heavy atom. The minimum Gasteiger partial charge on any atom is -0.447 e. The molecule has 7 heteroatoms. The molecule has 0 aromatic carbocycles. The Morgan fingerprint density at radius 1 is 1.69 bits per heavy atom. The van der Waals surface area contributed by atoms with Crippen LogP contribution in [0.15, 0.2) is 12.3 Å². The van der Waals surface area contributed by atoms with Crippen molar-refractivity contribution in [2.75, 3.05) is 23.4 Å². The quantitative estimate of drug-likeness (QED) is 0.642. The lowest BCUT2D eigenvalue weighted by Crippen LogP contribution is -2.25. The van der Waals surface area contributed by atoms with E-state index in [0.29, 0.717) is 24.9 Å². The standard InChI is InChI=1S/C9H11ClN4O2/c1-6(10)12-8-11-3-2-7(13-8)14-4-5-16-9(14)15/h2-3,6H,4-5H2,1H3,(H,11,12,13). The first-order valence-electron chi connectivity index (χ1n) is 4.85. The van der Waals surface area contributed by atoms with Gasteiger partial charge >= 0.3 is 6.09 Å². The summed E-state index contributed by atoms with van der Waals surface area (Å²) in [6, 6.07) is 1.65. The molecule has 1 N–H and O–H groups in total. The molecule has 1 atom stereocenters. The maximum atomic E-state index is 11.3. The zero-order valence-electron chi connectivity index (χ0n) is 8.68. The van der Waals surface area contributed by atoms with Crippen LogP contribution in [0.5, 0.6) is 0 Å². The van der Waals surface area contributed by atoms with E-state index in [9.17, 15) is 4.79 Å². The Morgan fingerprint density at radius 3 is 3.12 bits per heavy atom. The van der Waals surface area contributed by atoms with E-state index in [4.69, 9.17) is 16.3 Å². The lowest BCUT2D eigenvalue weighted by Gasteiger charge is -2.13. The van der Waals surface area contributed by atoms with Crippen LogP contribution in [0.25, 0.3) is 0 Å². The molecule has 1 aromatic rings. The summed E-state index contributed by atoms with van der Waals surface area (Å²) in [6.07, 6.45) is 1.18. The molecule has 1 fully saturated rings. The zero-order valence-corrected chi connectivity index (χ0v) is 9.44. The summed E-state index contributed by atoms with van der Waals surface area (Å²) < 4.78 is 4.82. The van der Waals surface area contributed by atoms with Crippen LogP contribution in [0.4, 0.5) is 16.6 Å². The van der Waals surface area contributed by atoms with E-state index in [2.05, 4.69) is 15.3 Å². The van der Waals surface area contributed by atoms with E-state index in [1.807, 2.05) is 0 Å². The van der Waals surface area contributed by atoms with Gasteiger partial charge in [-0.05, 0) is 13.0 Å². The molecule has 0 bridgehead atoms. The number of hydrogen-bond acceptors (Lipinski definition) is 5. The SMILES string of the molecule is CC(Cl)Nc1nccc(N2CCOC2=O)n1. The van der Waals surface area contributed by atoms with Gasteiger partial charge in [-0.1, -0.05) is 11.6 Å². The van der Waals surface area contributed by atoms with Crippen LogP contribution in [-0.2, 0) is 4.74 Å². The van der Waals surface area contributed by atoms with E-state index in [1.165, 1.54) is 4.90 Å². The predicted molar refractivity (Wildman–Crippen MR) is 59.7 cm³/mol. The molecule has 0 saturated carbocycles. The fraction of sp³-hybridized carbons (Fsp3) is 0.444. The predicted octanol–water partition coefficient (Wildman–Crippen LogP) is 1.43. The topological polar surface area (TPSA) is 67.3 Å². The summed E-state index contributed by atoms with van der Waals surface area (Å²) >= 11 is 5.76. The summed E-state index contributed by atoms with van der Waals surface area (Å²) in [5, 5.41) is 2.85. The summed E-state index contributed by atoms with van der Waals surface area (Å²) in [5.41, 5.74) is -0.277. The van der Waals surface area contributed by atoms with Crippen molar-refractivity contribution in [1.82, 2.24) is 9.97 Å². The molecule has 0 radical (unpaired) electrons. The lowest BCUT2D eigenvalue weighted by atomic mass is 10.5. The fourth-order valence-corrected chi connectivity index (χ4v) is 1.45. The first-order chi connectivity index (χ1) is 7.66. The van der Waals surface area contributed by atoms with E-state index in [1.54, 1.807) is 19.2 Å². The molecule has 2 heterocycles. The number of rotatable bonds is 3. The highest BCUT2D eigenvalue weighted by atomic mass is 35.5. The van der Waals surface area contributed by atoms with Crippen LogP contribution < -0.4 is 10.2 Å². The number of halogens is 1. The van der Waals surface area contributed by atoms with Crippen molar-refractivity contribution >= 4 is 29.5 Å². The number of hydrogen-bond donors (Lipinski definition) is 1. The number of nitrogens with one attached hydrogen (secondary N) is 1. The Kier molecular flexibility index (Phi) is 3.09. The Labute approximate surface area is 97.6 Å². The summed E-state index contributed by atoms with van der Waals surface area (Å²) in [7, 11) is 0. The van der Waals surface area contributed by atoms with Crippen molar-refractivity contribution in [1.29, 1.82) is 0 Å². The highest BCUT2D eigenvalue weighted by molar-refractivity contribution is 6.21. The average molecular weight is 243 g/mol. The third kappa shape index (κ3) is 2.33. The molecule has 1 saturated heterocycles. The smallest absolute Gasteiger partial charge is 0.415 e. The third-order valence-electron chi connectivity index (χ3n) is 2.01. The van der Waals surface area contributed by atoms with E-state index < -0.39 is 0 Å². The first kappa shape index (κ1) is 10.9. The number of anilines is 2. The average Bonchev–Trinajstić information content (AvgIpc) is 2.64. The van der Waals surface area contributed by atoms with Gasteiger partial charge in [0.2, 0.25) is 5.95 Å². The van der Waals surface area contributed by atoms with Gasteiger partial charge in [0.25, 0.3) is 0 Å². The number of carbonyl (C=O) groups is 1. The molecular weight excluding hydrogens is 232 g/mol. The van der Waals surface area contributed by atoms with Crippen LogP contribution >= 0.6 is 11.6 Å². The molecule has 6 nitrogen and oxygen atoms in total. The number of carbonyl (C=O) groups excluding carboxylic acids is 1. The van der Waals surface area contributed by atoms with Crippen LogP contribution in [-0.4, -0.2) is 34.7 Å². The third-order valence-corrected chi connectivity index (χ3v) is 2.12. The molecular formula is C9H11ClN4O2. The molecule has 1 aromatic heterocycles. The molecule has 0 aliphatic carbocycles. The van der Waals surface area contributed by atoms with Gasteiger partial charge in [0.1, 0.15) is 17.9 Å². The van der Waals surface area contributed by atoms with Gasteiger partial charge < -0.3 is 10.1 Å². The Balaban J connectivity index is 2.18. The Hall–Kier alpha value is -1.56. The zero-order chi connectivity index (χ0) is 11.5. The summed E-state index contributed by atoms with van der Waals surface area (Å²) in [4.78, 5) is 20.9. The largest absolute Gasteiger partial charge is 0.447 e. The lowest BCUT2D eigenvalue weighted by molar-refractivity contribution is 0.181. The highest BCUT2D eigenvalue weighted by Gasteiger charge is 2.24. The number of alkyl halides is 1. The molecule has 16 heavy (non-hydrogen) atoms. The van der Waals surface area contributed by atoms with Gasteiger partial charge in [0.15, 0.2) is 0 Å². The monoisotopic (exact) mass is 242 g/mol. The second-order valence-corrected chi connectivity index (χ2v) is 3.92. The van der Waals surface area contributed by atoms with Gasteiger partial charge in [0.05, 0.1) is 6.54 Å². The number of cyclic esters (lactones) is 1. The van der Waals surface area contributed by atoms with Crippen LogP contribution in [0.1, 0.15) is 6.92 Å². The fourth-order valence-electron chi connectivity index (χ4n) is 1.35. The van der Waals surface area contributed by atoms with Gasteiger partial charge in [-0.15, -0.1) is 0 Å². The minimum atomic E-state index is -0.386. The van der Waals surface area contributed by atoms with Gasteiger partial charge in [0, 0.05) is 6.20 Å². The number of aromatic nitrogens is 2. The molecule has 2 rings (SSSR count). The molecule has 0 spiro atoms. The van der Waals surface area contributed by atoms with Crippen LogP contribution in [0.2, 0.25) is 0 Å². The van der Waals surface area contributed by atoms with Crippen molar-refractivity contribution in [3.8, 4) is 0 Å². The normalized spacial score (nSPS) is 17.1. The molecule has 1 aliphatic rings. The number of ether oxygens (including phenoxy) is 1. The molecule has 86 valence electrons. The van der Waals surface area contributed by atoms with E-state index in [0.717, 1.165) is 0 Å². The number of nitrogens with zero attached hydrogens (tertiary/aromatic N) is 3. The minimum absolute atomic E-state index is 0.277. The second kappa shape index (κ2) is 4.52. The molecule has 1 unspecified atom stereocenters. The van der Waals surface area contributed by atoms with Gasteiger partial charge in [-0.3, -0.25) is 4.90 Å². The molecule has 1 aliphatic heterocycles. The van der Waals surface area contributed by atoms with Crippen molar-refractivity contribution < 1.29 is 9.53 Å². The maximum Gasteiger partial charge on any atom is 0.415 e. The van der Waals surface area contributed by atoms with E-state index in [-0.39, 0.29) is 11.6 Å².